The van der Waals surface area contributed by atoms with Gasteiger partial charge < -0.3 is 5.32 Å². The lowest BCUT2D eigenvalue weighted by Crippen LogP contribution is -2.30. The summed E-state index contributed by atoms with van der Waals surface area (Å²) in [6.45, 7) is 2.38. The van der Waals surface area contributed by atoms with Gasteiger partial charge in [-0.05, 0) is 49.2 Å². The quantitative estimate of drug-likeness (QED) is 0.861. The van der Waals surface area contributed by atoms with Crippen molar-refractivity contribution in [2.75, 3.05) is 18.8 Å². The SMILES string of the molecule is Cl.Clc1ccc(CSCC2CCCNC2)cn1. The van der Waals surface area contributed by atoms with Crippen molar-refractivity contribution in [1.82, 2.24) is 10.3 Å². The average molecular weight is 293 g/mol. The van der Waals surface area contributed by atoms with E-state index in [4.69, 9.17) is 11.6 Å². The van der Waals surface area contributed by atoms with Gasteiger partial charge in [-0.1, -0.05) is 17.7 Å². The molecule has 1 N–H and O–H groups in total. The molecule has 0 amide bonds. The molecule has 1 aromatic heterocycles. The second kappa shape index (κ2) is 8.20. The van der Waals surface area contributed by atoms with Gasteiger partial charge in [0.15, 0.2) is 0 Å². The molecule has 1 aliphatic heterocycles. The van der Waals surface area contributed by atoms with E-state index in [2.05, 4.69) is 16.4 Å². The summed E-state index contributed by atoms with van der Waals surface area (Å²) in [7, 11) is 0. The predicted octanol–water partition coefficient (Wildman–Crippen LogP) is 3.39. The van der Waals surface area contributed by atoms with Crippen LogP contribution in [0.1, 0.15) is 18.4 Å². The normalized spacial score (nSPS) is 19.7. The Balaban J connectivity index is 0.00000144. The Hall–Kier alpha value is 0.0400. The number of piperidine rings is 1. The monoisotopic (exact) mass is 292 g/mol. The third kappa shape index (κ3) is 5.47. The summed E-state index contributed by atoms with van der Waals surface area (Å²) < 4.78 is 0. The minimum Gasteiger partial charge on any atom is -0.316 e. The third-order valence-corrected chi connectivity index (χ3v) is 4.28. The van der Waals surface area contributed by atoms with E-state index in [1.165, 1.54) is 37.2 Å². The Kier molecular flexibility index (Phi) is 7.28. The Labute approximate surface area is 118 Å². The average Bonchev–Trinajstić information content (AvgIpc) is 2.33. The second-order valence-corrected chi connectivity index (χ2v) is 5.63. The molecule has 1 unspecified atom stereocenters. The largest absolute Gasteiger partial charge is 0.316 e. The zero-order chi connectivity index (χ0) is 11.2. The summed E-state index contributed by atoms with van der Waals surface area (Å²) in [6.07, 6.45) is 4.57. The molecule has 2 heterocycles. The number of nitrogens with one attached hydrogen (secondary N) is 1. The maximum Gasteiger partial charge on any atom is 0.129 e. The molecule has 2 rings (SSSR count). The topological polar surface area (TPSA) is 24.9 Å². The summed E-state index contributed by atoms with van der Waals surface area (Å²) in [5, 5.41) is 4.02. The summed E-state index contributed by atoms with van der Waals surface area (Å²) in [4.78, 5) is 4.08. The van der Waals surface area contributed by atoms with Crippen LogP contribution >= 0.6 is 35.8 Å². The van der Waals surface area contributed by atoms with Gasteiger partial charge in [0.25, 0.3) is 0 Å². The lowest BCUT2D eigenvalue weighted by molar-refractivity contribution is 0.410. The fraction of sp³-hybridized carbons (Fsp3) is 0.583. The van der Waals surface area contributed by atoms with Gasteiger partial charge >= 0.3 is 0 Å². The zero-order valence-electron chi connectivity index (χ0n) is 9.69. The highest BCUT2D eigenvalue weighted by Gasteiger charge is 2.12. The third-order valence-electron chi connectivity index (χ3n) is 2.81. The van der Waals surface area contributed by atoms with Gasteiger partial charge in [0.05, 0.1) is 0 Å². The maximum atomic E-state index is 5.74. The number of rotatable bonds is 4. The van der Waals surface area contributed by atoms with Crippen LogP contribution < -0.4 is 5.32 Å². The Morgan fingerprint density at radius 1 is 1.47 bits per heavy atom. The van der Waals surface area contributed by atoms with E-state index in [-0.39, 0.29) is 12.4 Å². The van der Waals surface area contributed by atoms with Crippen molar-refractivity contribution in [3.05, 3.63) is 29.0 Å². The molecule has 1 aliphatic rings. The Morgan fingerprint density at radius 2 is 2.35 bits per heavy atom. The molecular weight excluding hydrogens is 275 g/mol. The molecule has 0 aromatic carbocycles. The molecule has 1 fully saturated rings. The van der Waals surface area contributed by atoms with Crippen LogP contribution in [-0.2, 0) is 5.75 Å². The molecule has 0 aliphatic carbocycles. The highest BCUT2D eigenvalue weighted by Crippen LogP contribution is 2.20. The molecule has 0 saturated carbocycles. The molecule has 0 spiro atoms. The number of hydrogen-bond acceptors (Lipinski definition) is 3. The van der Waals surface area contributed by atoms with Crippen molar-refractivity contribution >= 4 is 35.8 Å². The number of nitrogens with zero attached hydrogens (tertiary/aromatic N) is 1. The first kappa shape index (κ1) is 15.1. The van der Waals surface area contributed by atoms with E-state index in [1.54, 1.807) is 0 Å². The number of halogens is 2. The van der Waals surface area contributed by atoms with Crippen LogP contribution in [0.3, 0.4) is 0 Å². The van der Waals surface area contributed by atoms with Gasteiger partial charge in [0.1, 0.15) is 5.15 Å². The van der Waals surface area contributed by atoms with Crippen LogP contribution in [-0.4, -0.2) is 23.8 Å². The van der Waals surface area contributed by atoms with Crippen LogP contribution in [0.4, 0.5) is 0 Å². The van der Waals surface area contributed by atoms with E-state index in [0.717, 1.165) is 11.7 Å². The molecule has 0 bridgehead atoms. The van der Waals surface area contributed by atoms with Gasteiger partial charge in [-0.15, -0.1) is 12.4 Å². The van der Waals surface area contributed by atoms with Gasteiger partial charge in [-0.3, -0.25) is 0 Å². The van der Waals surface area contributed by atoms with Crippen molar-refractivity contribution in [3.63, 3.8) is 0 Å². The number of aromatic nitrogens is 1. The molecule has 2 nitrogen and oxygen atoms in total. The molecule has 0 radical (unpaired) electrons. The maximum absolute atomic E-state index is 5.74. The predicted molar refractivity (Wildman–Crippen MR) is 78.3 cm³/mol. The van der Waals surface area contributed by atoms with Crippen LogP contribution in [0, 0.1) is 5.92 Å². The molecule has 1 aromatic rings. The van der Waals surface area contributed by atoms with E-state index < -0.39 is 0 Å². The van der Waals surface area contributed by atoms with Crippen molar-refractivity contribution in [2.45, 2.75) is 18.6 Å². The lowest BCUT2D eigenvalue weighted by Gasteiger charge is -2.22. The van der Waals surface area contributed by atoms with Crippen molar-refractivity contribution in [2.24, 2.45) is 5.92 Å². The highest BCUT2D eigenvalue weighted by molar-refractivity contribution is 7.98. The van der Waals surface area contributed by atoms with Crippen LogP contribution in [0.25, 0.3) is 0 Å². The van der Waals surface area contributed by atoms with Gasteiger partial charge in [0.2, 0.25) is 0 Å². The van der Waals surface area contributed by atoms with Crippen molar-refractivity contribution in [1.29, 1.82) is 0 Å². The second-order valence-electron chi connectivity index (χ2n) is 4.22. The molecule has 5 heteroatoms. The lowest BCUT2D eigenvalue weighted by atomic mass is 10.0. The smallest absolute Gasteiger partial charge is 0.129 e. The van der Waals surface area contributed by atoms with E-state index in [0.29, 0.717) is 5.15 Å². The number of thioether (sulfide) groups is 1. The van der Waals surface area contributed by atoms with E-state index >= 15 is 0 Å². The first-order chi connectivity index (χ1) is 7.84. The molecule has 96 valence electrons. The van der Waals surface area contributed by atoms with Gasteiger partial charge in [0, 0.05) is 11.9 Å². The minimum atomic E-state index is 0. The summed E-state index contributed by atoms with van der Waals surface area (Å²) in [6, 6.07) is 3.92. The van der Waals surface area contributed by atoms with Crippen molar-refractivity contribution in [3.8, 4) is 0 Å². The van der Waals surface area contributed by atoms with Crippen LogP contribution in [0.2, 0.25) is 5.15 Å². The minimum absolute atomic E-state index is 0. The van der Waals surface area contributed by atoms with Crippen molar-refractivity contribution < 1.29 is 0 Å². The summed E-state index contributed by atoms with van der Waals surface area (Å²) in [5.41, 5.74) is 1.26. The first-order valence-corrected chi connectivity index (χ1v) is 7.27. The molecule has 17 heavy (non-hydrogen) atoms. The first-order valence-electron chi connectivity index (χ1n) is 5.73. The van der Waals surface area contributed by atoms with E-state index in [9.17, 15) is 0 Å². The summed E-state index contributed by atoms with van der Waals surface area (Å²) in [5.74, 6) is 3.13. The zero-order valence-corrected chi connectivity index (χ0v) is 12.1. The number of hydrogen-bond donors (Lipinski definition) is 1. The summed E-state index contributed by atoms with van der Waals surface area (Å²) >= 11 is 7.74. The molecular formula is C12H18Cl2N2S. The van der Waals surface area contributed by atoms with Crippen LogP contribution in [0.15, 0.2) is 18.3 Å². The van der Waals surface area contributed by atoms with Gasteiger partial charge in [-0.25, -0.2) is 4.98 Å². The Morgan fingerprint density at radius 3 is 3.00 bits per heavy atom. The standard InChI is InChI=1S/C12H17ClN2S.ClH/c13-12-4-3-11(7-15-12)9-16-8-10-2-1-5-14-6-10;/h3-4,7,10,14H,1-2,5-6,8-9H2;1H. The van der Waals surface area contributed by atoms with Crippen LogP contribution in [0.5, 0.6) is 0 Å². The van der Waals surface area contributed by atoms with Gasteiger partial charge in [-0.2, -0.15) is 11.8 Å². The number of pyridine rings is 1. The highest BCUT2D eigenvalue weighted by atomic mass is 35.5. The fourth-order valence-corrected chi connectivity index (χ4v) is 3.16. The molecule has 1 saturated heterocycles. The van der Waals surface area contributed by atoms with E-state index in [1.807, 2.05) is 24.0 Å². The fourth-order valence-electron chi connectivity index (χ4n) is 1.90. The Bertz CT molecular complexity index is 313. The molecule has 1 atom stereocenters.